The van der Waals surface area contributed by atoms with Gasteiger partial charge >= 0.3 is 0 Å². The molecule has 2 aliphatic carbocycles. The average molecular weight is 426 g/mol. The largest absolute Gasteiger partial charge is 0.305 e. The van der Waals surface area contributed by atoms with Crippen molar-refractivity contribution in [2.45, 2.75) is 57.2 Å². The van der Waals surface area contributed by atoms with Gasteiger partial charge in [-0.1, -0.05) is 30.3 Å². The number of fused-ring (bicyclic) bond motifs is 2. The van der Waals surface area contributed by atoms with E-state index in [2.05, 4.69) is 15.3 Å². The van der Waals surface area contributed by atoms with Crippen LogP contribution in [0.2, 0.25) is 0 Å². The molecule has 2 aliphatic rings. The quantitative estimate of drug-likeness (QED) is 0.771. The minimum absolute atomic E-state index is 0.0883. The molecule has 0 aliphatic heterocycles. The number of amides is 1. The highest BCUT2D eigenvalue weighted by atomic mass is 32.2. The van der Waals surface area contributed by atoms with E-state index >= 15 is 0 Å². The number of nitrogens with zero attached hydrogens (tertiary/aromatic N) is 2. The van der Waals surface area contributed by atoms with Crippen LogP contribution in [0.1, 0.15) is 51.8 Å². The first-order chi connectivity index (χ1) is 14.3. The summed E-state index contributed by atoms with van der Waals surface area (Å²) in [7, 11) is 0.892. The second-order valence-electron chi connectivity index (χ2n) is 8.89. The lowest BCUT2D eigenvalue weighted by Crippen LogP contribution is -2.18. The molecule has 2 aromatic rings. The van der Waals surface area contributed by atoms with Gasteiger partial charge in [0.05, 0.1) is 12.2 Å². The summed E-state index contributed by atoms with van der Waals surface area (Å²) >= 11 is 0. The lowest BCUT2D eigenvalue weighted by molar-refractivity contribution is -0.117. The lowest BCUT2D eigenvalue weighted by atomic mass is 9.92. The molecule has 0 fully saturated rings. The van der Waals surface area contributed by atoms with Crippen molar-refractivity contribution in [3.63, 3.8) is 0 Å². The molecule has 0 aromatic heterocycles. The number of nitrogens with two attached hydrogens (primary N) is 1. The van der Waals surface area contributed by atoms with Crippen LogP contribution in [0.4, 0.5) is 0 Å². The van der Waals surface area contributed by atoms with Crippen LogP contribution in [-0.2, 0) is 59.1 Å². The molecule has 0 radical (unpaired) electrons. The van der Waals surface area contributed by atoms with Crippen LogP contribution in [-0.4, -0.2) is 29.1 Å². The Kier molecular flexibility index (Phi) is 6.09. The maximum Gasteiger partial charge on any atom is 0.259 e. The standard InChI is InChI=1S/C24H31N3O2S/c1-27(2)15-17-6-3-7-18(12-17)16-30(25,29)26-24(28)14-23-21-10-4-8-19(21)13-20-9-5-11-22(20)23/h3,6-7,12-13H,4-5,8-11,14-16H2,1-2H3,(H2,25,26,28,29). The Morgan fingerprint density at radius 3 is 2.30 bits per heavy atom. The van der Waals surface area contributed by atoms with Crippen molar-refractivity contribution in [2.75, 3.05) is 14.1 Å². The maximum atomic E-state index is 12.9. The van der Waals surface area contributed by atoms with E-state index in [4.69, 9.17) is 5.14 Å². The lowest BCUT2D eigenvalue weighted by Gasteiger charge is -2.14. The zero-order valence-corrected chi connectivity index (χ0v) is 18.8. The fourth-order valence-electron chi connectivity index (χ4n) is 4.96. The van der Waals surface area contributed by atoms with Crippen molar-refractivity contribution in [3.05, 3.63) is 69.3 Å². The van der Waals surface area contributed by atoms with Crippen LogP contribution in [0.25, 0.3) is 0 Å². The number of rotatable bonds is 6. The Morgan fingerprint density at radius 1 is 1.03 bits per heavy atom. The molecule has 0 heterocycles. The summed E-state index contributed by atoms with van der Waals surface area (Å²) in [5.41, 5.74) is 8.57. The predicted octanol–water partition coefficient (Wildman–Crippen LogP) is 3.34. The molecular formula is C24H31N3O2S. The predicted molar refractivity (Wildman–Crippen MR) is 121 cm³/mol. The average Bonchev–Trinajstić information content (AvgIpc) is 3.29. The van der Waals surface area contributed by atoms with E-state index in [-0.39, 0.29) is 18.1 Å². The Morgan fingerprint density at radius 2 is 1.67 bits per heavy atom. The van der Waals surface area contributed by atoms with E-state index in [1.165, 1.54) is 22.3 Å². The molecule has 2 N–H and O–H groups in total. The first-order valence-corrected chi connectivity index (χ1v) is 12.5. The molecule has 5 nitrogen and oxygen atoms in total. The second kappa shape index (κ2) is 8.61. The van der Waals surface area contributed by atoms with Crippen molar-refractivity contribution < 1.29 is 9.00 Å². The number of hydrogen-bond donors (Lipinski definition) is 1. The smallest absolute Gasteiger partial charge is 0.259 e. The van der Waals surface area contributed by atoms with Gasteiger partial charge in [0.25, 0.3) is 5.91 Å². The van der Waals surface area contributed by atoms with E-state index in [0.717, 1.165) is 61.8 Å². The number of carbonyl (C=O) groups is 1. The van der Waals surface area contributed by atoms with Crippen molar-refractivity contribution in [3.8, 4) is 0 Å². The summed E-state index contributed by atoms with van der Waals surface area (Å²) in [6, 6.07) is 10.2. The van der Waals surface area contributed by atoms with Crippen molar-refractivity contribution >= 4 is 15.8 Å². The second-order valence-corrected chi connectivity index (χ2v) is 10.7. The molecule has 0 saturated carbocycles. The van der Waals surface area contributed by atoms with E-state index < -0.39 is 9.92 Å². The van der Waals surface area contributed by atoms with Crippen LogP contribution >= 0.6 is 0 Å². The summed E-state index contributed by atoms with van der Waals surface area (Å²) in [5, 5.41) is 6.01. The van der Waals surface area contributed by atoms with E-state index in [9.17, 15) is 9.00 Å². The van der Waals surface area contributed by atoms with Gasteiger partial charge in [-0.15, -0.1) is 4.36 Å². The number of benzene rings is 2. The van der Waals surface area contributed by atoms with Crippen LogP contribution in [0.5, 0.6) is 0 Å². The summed E-state index contributed by atoms with van der Waals surface area (Å²) in [6.45, 7) is 0.792. The Labute approximate surface area is 180 Å². The molecule has 0 spiro atoms. The zero-order valence-electron chi connectivity index (χ0n) is 17.9. The molecule has 1 unspecified atom stereocenters. The van der Waals surface area contributed by atoms with Gasteiger partial charge in [-0.25, -0.2) is 9.35 Å². The topological polar surface area (TPSA) is 75.8 Å². The summed E-state index contributed by atoms with van der Waals surface area (Å²) in [5.74, 6) is -0.272. The monoisotopic (exact) mass is 425 g/mol. The molecule has 30 heavy (non-hydrogen) atoms. The summed E-state index contributed by atoms with van der Waals surface area (Å²) in [6.07, 6.45) is 6.76. The van der Waals surface area contributed by atoms with Crippen LogP contribution < -0.4 is 5.14 Å². The highest BCUT2D eigenvalue weighted by Crippen LogP contribution is 2.35. The van der Waals surface area contributed by atoms with Crippen LogP contribution in [0.15, 0.2) is 34.7 Å². The van der Waals surface area contributed by atoms with Gasteiger partial charge in [-0.05, 0) is 91.6 Å². The van der Waals surface area contributed by atoms with Gasteiger partial charge < -0.3 is 4.90 Å². The minimum Gasteiger partial charge on any atom is -0.305 e. The third kappa shape index (κ3) is 4.82. The van der Waals surface area contributed by atoms with Gasteiger partial charge in [-0.3, -0.25) is 4.79 Å². The first kappa shape index (κ1) is 21.2. The highest BCUT2D eigenvalue weighted by molar-refractivity contribution is 7.90. The van der Waals surface area contributed by atoms with Gasteiger partial charge in [0.15, 0.2) is 0 Å². The minimum atomic E-state index is -3.12. The van der Waals surface area contributed by atoms with Gasteiger partial charge in [0.1, 0.15) is 9.92 Å². The number of aryl methyl sites for hydroxylation is 2. The van der Waals surface area contributed by atoms with Crippen molar-refractivity contribution in [1.29, 1.82) is 0 Å². The van der Waals surface area contributed by atoms with Crippen molar-refractivity contribution in [2.24, 2.45) is 9.50 Å². The van der Waals surface area contributed by atoms with Gasteiger partial charge in [-0.2, -0.15) is 0 Å². The van der Waals surface area contributed by atoms with E-state index in [1.807, 2.05) is 38.4 Å². The van der Waals surface area contributed by atoms with Gasteiger partial charge in [0.2, 0.25) is 0 Å². The van der Waals surface area contributed by atoms with Crippen LogP contribution in [0, 0.1) is 0 Å². The Bertz CT molecular complexity index is 1070. The first-order valence-electron chi connectivity index (χ1n) is 10.7. The molecule has 160 valence electrons. The summed E-state index contributed by atoms with van der Waals surface area (Å²) in [4.78, 5) is 14.9. The third-order valence-electron chi connectivity index (χ3n) is 6.05. The van der Waals surface area contributed by atoms with E-state index in [0.29, 0.717) is 0 Å². The van der Waals surface area contributed by atoms with E-state index in [1.54, 1.807) is 0 Å². The third-order valence-corrected chi connectivity index (χ3v) is 7.31. The molecule has 0 saturated heterocycles. The Balaban J connectivity index is 1.54. The van der Waals surface area contributed by atoms with Crippen molar-refractivity contribution in [1.82, 2.24) is 4.90 Å². The molecule has 4 rings (SSSR count). The Hall–Kier alpha value is -2.02. The number of carbonyl (C=O) groups excluding carboxylic acids is 1. The maximum absolute atomic E-state index is 12.9. The highest BCUT2D eigenvalue weighted by Gasteiger charge is 2.25. The fraction of sp³-hybridized carbons (Fsp3) is 0.458. The normalized spacial score (nSPS) is 16.9. The van der Waals surface area contributed by atoms with Gasteiger partial charge in [0, 0.05) is 6.54 Å². The molecule has 2 aromatic carbocycles. The SMILES string of the molecule is CN(C)Cc1cccc(CS(N)(=O)=NC(=O)Cc2c3c(cc4c2CCC4)CCC3)c1. The molecule has 0 bridgehead atoms. The van der Waals surface area contributed by atoms with Crippen LogP contribution in [0.3, 0.4) is 0 Å². The molecule has 1 amide bonds. The fourth-order valence-corrected chi connectivity index (χ4v) is 6.09. The zero-order chi connectivity index (χ0) is 21.3. The molecular weight excluding hydrogens is 394 g/mol. The summed E-state index contributed by atoms with van der Waals surface area (Å²) < 4.78 is 16.9. The number of hydrogen-bond acceptors (Lipinski definition) is 3. The molecule has 6 heteroatoms. The molecule has 1 atom stereocenters.